The zero-order chi connectivity index (χ0) is 16.4. The summed E-state index contributed by atoms with van der Waals surface area (Å²) in [5.74, 6) is 1.41. The van der Waals surface area contributed by atoms with Crippen LogP contribution in [0.25, 0.3) is 10.9 Å². The second-order valence-electron chi connectivity index (χ2n) is 6.28. The molecule has 0 aliphatic carbocycles. The van der Waals surface area contributed by atoms with Crippen molar-refractivity contribution in [2.75, 3.05) is 26.2 Å². The van der Waals surface area contributed by atoms with E-state index in [1.165, 1.54) is 5.39 Å². The first-order chi connectivity index (χ1) is 11.8. The van der Waals surface area contributed by atoms with E-state index in [0.717, 1.165) is 56.3 Å². The Kier molecular flexibility index (Phi) is 4.23. The van der Waals surface area contributed by atoms with Gasteiger partial charge in [-0.2, -0.15) is 4.98 Å². The maximum absolute atomic E-state index is 5.03. The third-order valence-electron chi connectivity index (χ3n) is 4.44. The van der Waals surface area contributed by atoms with E-state index in [2.05, 4.69) is 44.2 Å². The molecular formula is C18H21N5O. The molecule has 0 atom stereocenters. The summed E-state index contributed by atoms with van der Waals surface area (Å²) in [5.41, 5.74) is 2.21. The Morgan fingerprint density at radius 3 is 2.42 bits per heavy atom. The molecule has 2 aromatic heterocycles. The van der Waals surface area contributed by atoms with Crippen LogP contribution in [0.4, 0.5) is 0 Å². The largest absolute Gasteiger partial charge is 0.340 e. The Morgan fingerprint density at radius 1 is 0.917 bits per heavy atom. The molecule has 6 nitrogen and oxygen atoms in total. The fraction of sp³-hybridized carbons (Fsp3) is 0.389. The lowest BCUT2D eigenvalue weighted by Crippen LogP contribution is -2.45. The molecule has 1 aliphatic rings. The highest BCUT2D eigenvalue weighted by Crippen LogP contribution is 2.14. The molecule has 0 amide bonds. The zero-order valence-electron chi connectivity index (χ0n) is 13.9. The summed E-state index contributed by atoms with van der Waals surface area (Å²) < 4.78 is 5.03. The van der Waals surface area contributed by atoms with Crippen molar-refractivity contribution in [3.8, 4) is 0 Å². The molecule has 1 fully saturated rings. The van der Waals surface area contributed by atoms with E-state index >= 15 is 0 Å². The van der Waals surface area contributed by atoms with Crippen molar-refractivity contribution in [1.29, 1.82) is 0 Å². The van der Waals surface area contributed by atoms with E-state index in [1.54, 1.807) is 0 Å². The maximum atomic E-state index is 5.03. The molecule has 3 aromatic rings. The molecule has 1 aliphatic heterocycles. The number of hydrogen-bond donors (Lipinski definition) is 0. The number of benzene rings is 1. The topological polar surface area (TPSA) is 58.3 Å². The van der Waals surface area contributed by atoms with E-state index in [-0.39, 0.29) is 0 Å². The third-order valence-corrected chi connectivity index (χ3v) is 4.44. The van der Waals surface area contributed by atoms with Crippen LogP contribution in [0.5, 0.6) is 0 Å². The summed E-state index contributed by atoms with van der Waals surface area (Å²) in [6.45, 7) is 7.59. The van der Waals surface area contributed by atoms with Gasteiger partial charge in [-0.05, 0) is 12.1 Å². The number of para-hydroxylation sites is 1. The number of pyridine rings is 1. The molecular weight excluding hydrogens is 302 g/mol. The van der Waals surface area contributed by atoms with Gasteiger partial charge in [0.1, 0.15) is 0 Å². The molecule has 124 valence electrons. The van der Waals surface area contributed by atoms with Crippen LogP contribution in [0.1, 0.15) is 17.4 Å². The molecule has 0 saturated carbocycles. The van der Waals surface area contributed by atoms with Gasteiger partial charge in [0.25, 0.3) is 0 Å². The van der Waals surface area contributed by atoms with E-state index in [9.17, 15) is 0 Å². The van der Waals surface area contributed by atoms with Gasteiger partial charge in [-0.15, -0.1) is 0 Å². The fourth-order valence-electron chi connectivity index (χ4n) is 3.14. The summed E-state index contributed by atoms with van der Waals surface area (Å²) >= 11 is 0. The standard InChI is InChI=1S/C18H21N5O/c1-14-19-18(21-24-14)13-23-10-8-22(9-11-23)12-16-7-6-15-4-2-3-5-17(15)20-16/h2-7H,8-13H2,1H3. The Morgan fingerprint density at radius 2 is 1.67 bits per heavy atom. The first-order valence-electron chi connectivity index (χ1n) is 8.35. The highest BCUT2D eigenvalue weighted by Gasteiger charge is 2.19. The van der Waals surface area contributed by atoms with Crippen molar-refractivity contribution in [2.45, 2.75) is 20.0 Å². The Labute approximate surface area is 141 Å². The first-order valence-corrected chi connectivity index (χ1v) is 8.35. The summed E-state index contributed by atoms with van der Waals surface area (Å²) in [4.78, 5) is 13.9. The van der Waals surface area contributed by atoms with Crippen molar-refractivity contribution in [2.24, 2.45) is 0 Å². The average Bonchev–Trinajstić information content (AvgIpc) is 3.01. The van der Waals surface area contributed by atoms with Crippen molar-refractivity contribution in [3.63, 3.8) is 0 Å². The molecule has 1 saturated heterocycles. The molecule has 3 heterocycles. The van der Waals surface area contributed by atoms with E-state index in [1.807, 2.05) is 19.1 Å². The number of aromatic nitrogens is 3. The van der Waals surface area contributed by atoms with Gasteiger partial charge in [0.2, 0.25) is 5.89 Å². The van der Waals surface area contributed by atoms with E-state index in [4.69, 9.17) is 9.51 Å². The smallest absolute Gasteiger partial charge is 0.223 e. The minimum atomic E-state index is 0.631. The predicted molar refractivity (Wildman–Crippen MR) is 91.3 cm³/mol. The second-order valence-corrected chi connectivity index (χ2v) is 6.28. The first kappa shape index (κ1) is 15.2. The maximum Gasteiger partial charge on any atom is 0.223 e. The van der Waals surface area contributed by atoms with Gasteiger partial charge >= 0.3 is 0 Å². The van der Waals surface area contributed by atoms with Crippen molar-refractivity contribution >= 4 is 10.9 Å². The predicted octanol–water partition coefficient (Wildman–Crippen LogP) is 2.24. The lowest BCUT2D eigenvalue weighted by Gasteiger charge is -2.33. The van der Waals surface area contributed by atoms with Gasteiger partial charge < -0.3 is 4.52 Å². The molecule has 0 radical (unpaired) electrons. The Balaban J connectivity index is 1.33. The monoisotopic (exact) mass is 323 g/mol. The lowest BCUT2D eigenvalue weighted by molar-refractivity contribution is 0.118. The minimum absolute atomic E-state index is 0.631. The van der Waals surface area contributed by atoms with Gasteiger partial charge in [-0.1, -0.05) is 29.4 Å². The molecule has 6 heteroatoms. The van der Waals surface area contributed by atoms with Gasteiger partial charge in [0.05, 0.1) is 17.8 Å². The third kappa shape index (κ3) is 3.44. The van der Waals surface area contributed by atoms with Gasteiger partial charge in [-0.25, -0.2) is 0 Å². The van der Waals surface area contributed by atoms with Crippen LogP contribution in [0, 0.1) is 6.92 Å². The normalized spacial score (nSPS) is 16.7. The SMILES string of the molecule is Cc1nc(CN2CCN(Cc3ccc4ccccc4n3)CC2)no1. The Hall–Kier alpha value is -2.31. The van der Waals surface area contributed by atoms with E-state index in [0.29, 0.717) is 5.89 Å². The highest BCUT2D eigenvalue weighted by molar-refractivity contribution is 5.78. The molecule has 0 bridgehead atoms. The van der Waals surface area contributed by atoms with Crippen molar-refractivity contribution in [3.05, 3.63) is 53.8 Å². The molecule has 0 N–H and O–H groups in total. The summed E-state index contributed by atoms with van der Waals surface area (Å²) in [5, 5.41) is 5.17. The molecule has 1 aromatic carbocycles. The number of fused-ring (bicyclic) bond motifs is 1. The van der Waals surface area contributed by atoms with Gasteiger partial charge in [-0.3, -0.25) is 14.8 Å². The number of aryl methyl sites for hydroxylation is 1. The van der Waals surface area contributed by atoms with Crippen LogP contribution < -0.4 is 0 Å². The van der Waals surface area contributed by atoms with E-state index < -0.39 is 0 Å². The number of rotatable bonds is 4. The number of nitrogens with zero attached hydrogens (tertiary/aromatic N) is 5. The molecule has 24 heavy (non-hydrogen) atoms. The minimum Gasteiger partial charge on any atom is -0.340 e. The summed E-state index contributed by atoms with van der Waals surface area (Å²) in [6.07, 6.45) is 0. The number of piperazine rings is 1. The fourth-order valence-corrected chi connectivity index (χ4v) is 3.14. The molecule has 0 unspecified atom stereocenters. The Bertz CT molecular complexity index is 823. The second kappa shape index (κ2) is 6.67. The van der Waals surface area contributed by atoms with Crippen LogP contribution in [0.15, 0.2) is 40.9 Å². The molecule has 0 spiro atoms. The zero-order valence-corrected chi connectivity index (χ0v) is 13.9. The van der Waals surface area contributed by atoms with Crippen LogP contribution in [-0.2, 0) is 13.1 Å². The van der Waals surface area contributed by atoms with Crippen LogP contribution in [0.2, 0.25) is 0 Å². The van der Waals surface area contributed by atoms with Crippen molar-refractivity contribution in [1.82, 2.24) is 24.9 Å². The quantitative estimate of drug-likeness (QED) is 0.734. The summed E-state index contributed by atoms with van der Waals surface area (Å²) in [6, 6.07) is 12.6. The summed E-state index contributed by atoms with van der Waals surface area (Å²) in [7, 11) is 0. The van der Waals surface area contributed by atoms with Crippen LogP contribution in [-0.4, -0.2) is 51.1 Å². The lowest BCUT2D eigenvalue weighted by atomic mass is 10.2. The average molecular weight is 323 g/mol. The van der Waals surface area contributed by atoms with Gasteiger partial charge in [0, 0.05) is 45.0 Å². The van der Waals surface area contributed by atoms with Crippen LogP contribution >= 0.6 is 0 Å². The highest BCUT2D eigenvalue weighted by atomic mass is 16.5. The van der Waals surface area contributed by atoms with Gasteiger partial charge in [0.15, 0.2) is 5.82 Å². The van der Waals surface area contributed by atoms with Crippen LogP contribution in [0.3, 0.4) is 0 Å². The van der Waals surface area contributed by atoms with Crippen molar-refractivity contribution < 1.29 is 4.52 Å². The number of hydrogen-bond acceptors (Lipinski definition) is 6. The molecule has 4 rings (SSSR count).